The van der Waals surface area contributed by atoms with Crippen LogP contribution < -0.4 is 5.73 Å². The molecular weight excluding hydrogens is 280 g/mol. The molecule has 6 heteroatoms. The minimum Gasteiger partial charge on any atom is -0.384 e. The van der Waals surface area contributed by atoms with Gasteiger partial charge in [0.2, 0.25) is 0 Å². The quantitative estimate of drug-likeness (QED) is 0.531. The minimum atomic E-state index is 0.360. The predicted molar refractivity (Wildman–Crippen MR) is 79.3 cm³/mol. The number of anilines is 1. The van der Waals surface area contributed by atoms with Crippen molar-refractivity contribution in [1.29, 1.82) is 0 Å². The molecule has 0 bridgehead atoms. The molecule has 0 spiro atoms. The first kappa shape index (κ1) is 14.1. The number of nitrogen functional groups attached to an aromatic ring is 1. The predicted octanol–water partition coefficient (Wildman–Crippen LogP) is 3.52. The highest BCUT2D eigenvalue weighted by molar-refractivity contribution is 7.98. The number of nitrogens with zero attached hydrogens (tertiary/aromatic N) is 3. The molecule has 0 aliphatic carbocycles. The average molecular weight is 295 g/mol. The number of nitrogens with two attached hydrogens (primary N) is 1. The van der Waals surface area contributed by atoms with Gasteiger partial charge in [0, 0.05) is 18.0 Å². The van der Waals surface area contributed by atoms with Crippen molar-refractivity contribution < 1.29 is 0 Å². The van der Waals surface area contributed by atoms with E-state index in [2.05, 4.69) is 34.9 Å². The van der Waals surface area contributed by atoms with E-state index >= 15 is 0 Å². The Kier molecular flexibility index (Phi) is 4.61. The van der Waals surface area contributed by atoms with Crippen molar-refractivity contribution in [3.63, 3.8) is 0 Å². The summed E-state index contributed by atoms with van der Waals surface area (Å²) in [5.74, 6) is 1.57. The maximum Gasteiger partial charge on any atom is 0.191 e. The average Bonchev–Trinajstić information content (AvgIpc) is 2.35. The molecule has 0 saturated heterocycles. The van der Waals surface area contributed by atoms with E-state index in [4.69, 9.17) is 17.3 Å². The van der Waals surface area contributed by atoms with Gasteiger partial charge in [-0.15, -0.1) is 0 Å². The molecule has 19 heavy (non-hydrogen) atoms. The molecular formula is C13H15ClN4S. The molecule has 0 fully saturated rings. The van der Waals surface area contributed by atoms with Crippen LogP contribution in [0.5, 0.6) is 0 Å². The number of aromatic nitrogens is 3. The topological polar surface area (TPSA) is 64.7 Å². The largest absolute Gasteiger partial charge is 0.384 e. The van der Waals surface area contributed by atoms with Gasteiger partial charge in [-0.3, -0.25) is 4.98 Å². The summed E-state index contributed by atoms with van der Waals surface area (Å²) in [6, 6.07) is 5.67. The molecule has 0 radical (unpaired) electrons. The van der Waals surface area contributed by atoms with Gasteiger partial charge >= 0.3 is 0 Å². The van der Waals surface area contributed by atoms with Crippen LogP contribution in [-0.2, 0) is 5.75 Å². The fraction of sp³-hybridized carbons (Fsp3) is 0.308. The van der Waals surface area contributed by atoms with Crippen molar-refractivity contribution >= 4 is 29.2 Å². The maximum absolute atomic E-state index is 5.84. The first-order valence-corrected chi connectivity index (χ1v) is 7.28. The highest BCUT2D eigenvalue weighted by atomic mass is 35.5. The van der Waals surface area contributed by atoms with Gasteiger partial charge in [-0.1, -0.05) is 37.2 Å². The van der Waals surface area contributed by atoms with E-state index in [9.17, 15) is 0 Å². The van der Waals surface area contributed by atoms with Gasteiger partial charge in [0.15, 0.2) is 5.16 Å². The lowest BCUT2D eigenvalue weighted by atomic mass is 10.0. The Balaban J connectivity index is 2.07. The molecule has 0 atom stereocenters. The molecule has 0 saturated carbocycles. The Morgan fingerprint density at radius 1 is 1.32 bits per heavy atom. The Morgan fingerprint density at radius 2 is 2.11 bits per heavy atom. The molecule has 100 valence electrons. The molecule has 0 unspecified atom stereocenters. The minimum absolute atomic E-state index is 0.360. The Morgan fingerprint density at radius 3 is 2.79 bits per heavy atom. The van der Waals surface area contributed by atoms with E-state index in [1.165, 1.54) is 23.4 Å². The highest BCUT2D eigenvalue weighted by Crippen LogP contribution is 2.22. The molecule has 2 heterocycles. The van der Waals surface area contributed by atoms with Crippen LogP contribution in [0.2, 0.25) is 5.15 Å². The standard InChI is InChI=1S/C13H15ClN4S/c1-8(2)9-3-4-16-10(5-9)7-19-13-17-11(14)6-12(15)18-13/h3-6,8H,7H2,1-2H3,(H2,15,17,18). The van der Waals surface area contributed by atoms with E-state index < -0.39 is 0 Å². The zero-order chi connectivity index (χ0) is 13.8. The van der Waals surface area contributed by atoms with Gasteiger partial charge in [0.1, 0.15) is 11.0 Å². The third-order valence-corrected chi connectivity index (χ3v) is 3.63. The third kappa shape index (κ3) is 4.08. The lowest BCUT2D eigenvalue weighted by Crippen LogP contribution is -1.96. The number of pyridine rings is 1. The molecule has 2 N–H and O–H groups in total. The van der Waals surface area contributed by atoms with E-state index in [0.717, 1.165) is 5.69 Å². The lowest BCUT2D eigenvalue weighted by molar-refractivity contribution is 0.858. The monoisotopic (exact) mass is 294 g/mol. The molecule has 2 rings (SSSR count). The first-order chi connectivity index (χ1) is 9.04. The number of hydrogen-bond acceptors (Lipinski definition) is 5. The number of halogens is 1. The molecule has 2 aromatic heterocycles. The van der Waals surface area contributed by atoms with Crippen LogP contribution in [-0.4, -0.2) is 15.0 Å². The van der Waals surface area contributed by atoms with Crippen molar-refractivity contribution in [2.75, 3.05) is 5.73 Å². The van der Waals surface area contributed by atoms with E-state index in [0.29, 0.717) is 27.8 Å². The number of hydrogen-bond donors (Lipinski definition) is 1. The summed E-state index contributed by atoms with van der Waals surface area (Å²) in [7, 11) is 0. The summed E-state index contributed by atoms with van der Waals surface area (Å²) < 4.78 is 0. The van der Waals surface area contributed by atoms with Gasteiger partial charge in [-0.05, 0) is 23.6 Å². The van der Waals surface area contributed by atoms with Crippen LogP contribution in [0, 0.1) is 0 Å². The fourth-order valence-corrected chi connectivity index (χ4v) is 2.56. The molecule has 4 nitrogen and oxygen atoms in total. The second-order valence-corrected chi connectivity index (χ2v) is 5.75. The van der Waals surface area contributed by atoms with E-state index in [-0.39, 0.29) is 0 Å². The normalized spacial score (nSPS) is 10.9. The summed E-state index contributed by atoms with van der Waals surface area (Å²) in [4.78, 5) is 12.6. The Labute approximate surface area is 121 Å². The fourth-order valence-electron chi connectivity index (χ4n) is 1.55. The van der Waals surface area contributed by atoms with Crippen molar-refractivity contribution in [3.8, 4) is 0 Å². The highest BCUT2D eigenvalue weighted by Gasteiger charge is 2.05. The zero-order valence-electron chi connectivity index (χ0n) is 10.8. The number of rotatable bonds is 4. The van der Waals surface area contributed by atoms with Crippen molar-refractivity contribution in [1.82, 2.24) is 15.0 Å². The SMILES string of the molecule is CC(C)c1ccnc(CSc2nc(N)cc(Cl)n2)c1. The first-order valence-electron chi connectivity index (χ1n) is 5.92. The van der Waals surface area contributed by atoms with E-state index in [1.54, 1.807) is 0 Å². The second-order valence-electron chi connectivity index (χ2n) is 4.42. The number of thioether (sulfide) groups is 1. The van der Waals surface area contributed by atoms with Crippen molar-refractivity contribution in [3.05, 3.63) is 40.8 Å². The Hall–Kier alpha value is -1.33. The lowest BCUT2D eigenvalue weighted by Gasteiger charge is -2.07. The van der Waals surface area contributed by atoms with Crippen LogP contribution in [0.15, 0.2) is 29.6 Å². The second kappa shape index (κ2) is 6.21. The molecule has 0 aromatic carbocycles. The summed E-state index contributed by atoms with van der Waals surface area (Å²) in [5, 5.41) is 0.931. The van der Waals surface area contributed by atoms with Gasteiger partial charge in [0.05, 0.1) is 5.69 Å². The molecule has 2 aromatic rings. The maximum atomic E-state index is 5.84. The zero-order valence-corrected chi connectivity index (χ0v) is 12.4. The smallest absolute Gasteiger partial charge is 0.191 e. The van der Waals surface area contributed by atoms with E-state index in [1.807, 2.05) is 12.3 Å². The molecule has 0 aliphatic rings. The van der Waals surface area contributed by atoms with Gasteiger partial charge in [-0.2, -0.15) is 0 Å². The molecule has 0 amide bonds. The summed E-state index contributed by atoms with van der Waals surface area (Å²) in [6.07, 6.45) is 1.83. The van der Waals surface area contributed by atoms with Gasteiger partial charge in [0.25, 0.3) is 0 Å². The third-order valence-electron chi connectivity index (χ3n) is 2.55. The molecule has 0 aliphatic heterocycles. The van der Waals surface area contributed by atoms with Crippen molar-refractivity contribution in [2.45, 2.75) is 30.7 Å². The van der Waals surface area contributed by atoms with Crippen LogP contribution in [0.25, 0.3) is 0 Å². The summed E-state index contributed by atoms with van der Waals surface area (Å²) >= 11 is 7.31. The van der Waals surface area contributed by atoms with Crippen LogP contribution >= 0.6 is 23.4 Å². The van der Waals surface area contributed by atoms with Gasteiger partial charge < -0.3 is 5.73 Å². The van der Waals surface area contributed by atoms with Gasteiger partial charge in [-0.25, -0.2) is 9.97 Å². The van der Waals surface area contributed by atoms with Crippen molar-refractivity contribution in [2.24, 2.45) is 0 Å². The van der Waals surface area contributed by atoms with Crippen LogP contribution in [0.4, 0.5) is 5.82 Å². The van der Waals surface area contributed by atoms with Crippen LogP contribution in [0.3, 0.4) is 0 Å². The summed E-state index contributed by atoms with van der Waals surface area (Å²) in [6.45, 7) is 4.32. The Bertz CT molecular complexity index is 554. The van der Waals surface area contributed by atoms with Crippen LogP contribution in [0.1, 0.15) is 31.0 Å². The summed E-state index contributed by atoms with van der Waals surface area (Å²) in [5.41, 5.74) is 7.90.